The summed E-state index contributed by atoms with van der Waals surface area (Å²) < 4.78 is 48.9. The fourth-order valence-electron chi connectivity index (χ4n) is 3.59. The van der Waals surface area contributed by atoms with E-state index in [1.165, 1.54) is 6.20 Å². The number of fused-ring (bicyclic) bond motifs is 5. The largest absolute Gasteiger partial charge is 0.454 e. The second kappa shape index (κ2) is 6.18. The summed E-state index contributed by atoms with van der Waals surface area (Å²) in [6, 6.07) is 13.6. The average molecular weight is 391 g/mol. The highest BCUT2D eigenvalue weighted by molar-refractivity contribution is 7.18. The van der Waals surface area contributed by atoms with Gasteiger partial charge in [-0.05, 0) is 64.8 Å². The summed E-state index contributed by atoms with van der Waals surface area (Å²) >= 11 is 1.63. The third-order valence-electron chi connectivity index (χ3n) is 4.78. The molecular weight excluding hydrogens is 362 g/mol. The Balaban J connectivity index is 1.80. The zero-order chi connectivity index (χ0) is 23.8. The van der Waals surface area contributed by atoms with Crippen molar-refractivity contribution in [1.82, 2.24) is 4.98 Å². The van der Waals surface area contributed by atoms with Crippen LogP contribution < -0.4 is 0 Å². The van der Waals surface area contributed by atoms with E-state index >= 15 is 0 Å². The Bertz CT molecular complexity index is 1520. The summed E-state index contributed by atoms with van der Waals surface area (Å²) in [5, 5.41) is 5.11. The van der Waals surface area contributed by atoms with Crippen molar-refractivity contribution in [2.45, 2.75) is 34.0 Å². The lowest BCUT2D eigenvalue weighted by Crippen LogP contribution is -2.10. The fraction of sp³-hybridized carbons (Fsp3) is 0.240. The summed E-state index contributed by atoms with van der Waals surface area (Å²) in [7, 11) is 0. The van der Waals surface area contributed by atoms with Crippen LogP contribution in [0.2, 0.25) is 0 Å². The van der Waals surface area contributed by atoms with Gasteiger partial charge in [-0.2, -0.15) is 0 Å². The molecule has 3 heterocycles. The topological polar surface area (TPSA) is 26.0 Å². The molecule has 0 bridgehead atoms. The maximum absolute atomic E-state index is 8.79. The molecule has 0 amide bonds. The van der Waals surface area contributed by atoms with Crippen LogP contribution in [0.1, 0.15) is 38.8 Å². The van der Waals surface area contributed by atoms with Crippen LogP contribution in [0.25, 0.3) is 43.3 Å². The molecule has 0 saturated carbocycles. The van der Waals surface area contributed by atoms with E-state index in [0.29, 0.717) is 16.8 Å². The van der Waals surface area contributed by atoms with Crippen molar-refractivity contribution in [2.24, 2.45) is 5.41 Å². The summed E-state index contributed by atoms with van der Waals surface area (Å²) in [4.78, 5) is 4.46. The van der Waals surface area contributed by atoms with Crippen LogP contribution >= 0.6 is 11.3 Å². The molecule has 0 unspecified atom stereocenters. The first-order valence-corrected chi connectivity index (χ1v) is 10.1. The Morgan fingerprint density at radius 2 is 1.96 bits per heavy atom. The van der Waals surface area contributed by atoms with Crippen LogP contribution in [0.5, 0.6) is 0 Å². The van der Waals surface area contributed by atoms with Crippen molar-refractivity contribution in [3.8, 4) is 11.3 Å². The maximum Gasteiger partial charge on any atom is 0.153 e. The molecule has 0 radical (unpaired) electrons. The van der Waals surface area contributed by atoms with E-state index in [-0.39, 0.29) is 11.1 Å². The van der Waals surface area contributed by atoms with Crippen molar-refractivity contribution in [3.63, 3.8) is 0 Å². The molecule has 5 aromatic rings. The summed E-state index contributed by atoms with van der Waals surface area (Å²) in [5.74, 6) is 0. The molecule has 0 aliphatic rings. The summed E-state index contributed by atoms with van der Waals surface area (Å²) in [6.45, 7) is 2.82. The first-order valence-electron chi connectivity index (χ1n) is 11.7. The predicted molar refractivity (Wildman–Crippen MR) is 120 cm³/mol. The molecular formula is C25H23NOS. The first kappa shape index (κ1) is 12.7. The van der Waals surface area contributed by atoms with E-state index in [1.54, 1.807) is 38.2 Å². The van der Waals surface area contributed by atoms with Gasteiger partial charge in [-0.1, -0.05) is 39.0 Å². The third kappa shape index (κ3) is 2.82. The number of rotatable bonds is 2. The van der Waals surface area contributed by atoms with Gasteiger partial charge in [-0.15, -0.1) is 11.3 Å². The monoisotopic (exact) mass is 390 g/mol. The summed E-state index contributed by atoms with van der Waals surface area (Å²) in [6.07, 6.45) is -0.598. The quantitative estimate of drug-likeness (QED) is 0.308. The van der Waals surface area contributed by atoms with Gasteiger partial charge in [0.05, 0.1) is 10.4 Å². The van der Waals surface area contributed by atoms with Crippen LogP contribution in [0, 0.1) is 12.3 Å². The van der Waals surface area contributed by atoms with Crippen LogP contribution in [0.3, 0.4) is 0 Å². The number of hydrogen-bond acceptors (Lipinski definition) is 3. The number of aromatic nitrogens is 1. The number of thiophene rings is 1. The van der Waals surface area contributed by atoms with E-state index in [0.717, 1.165) is 26.4 Å². The molecule has 5 rings (SSSR count). The van der Waals surface area contributed by atoms with Gasteiger partial charge in [-0.3, -0.25) is 4.98 Å². The number of benzene rings is 2. The molecule has 0 saturated heterocycles. The van der Waals surface area contributed by atoms with Crippen molar-refractivity contribution in [1.29, 1.82) is 0 Å². The van der Waals surface area contributed by atoms with Crippen LogP contribution in [-0.4, -0.2) is 4.98 Å². The van der Waals surface area contributed by atoms with Gasteiger partial charge < -0.3 is 4.42 Å². The summed E-state index contributed by atoms with van der Waals surface area (Å²) in [5.41, 5.74) is 1.91. The van der Waals surface area contributed by atoms with Gasteiger partial charge in [0, 0.05) is 29.4 Å². The van der Waals surface area contributed by atoms with Crippen molar-refractivity contribution in [2.75, 3.05) is 0 Å². The number of pyridine rings is 1. The zero-order valence-electron chi connectivity index (χ0n) is 21.0. The fourth-order valence-corrected chi connectivity index (χ4v) is 4.47. The highest BCUT2D eigenvalue weighted by Crippen LogP contribution is 2.40. The highest BCUT2D eigenvalue weighted by atomic mass is 32.1. The molecule has 140 valence electrons. The lowest BCUT2D eigenvalue weighted by Gasteiger charge is -2.20. The standard InChI is InChI=1S/C25H23NOS/c1-15-14-26-21(12-17(15)13-25(2,3)4)20-7-5-6-18-19-9-8-16-10-11-28-24(16)23(19)27-22(18)20/h5-12,14H,13H2,1-4H3/i1D3,13D2. The Morgan fingerprint density at radius 1 is 1.11 bits per heavy atom. The Hall–Kier alpha value is -2.65. The molecule has 3 heteroatoms. The van der Waals surface area contributed by atoms with E-state index < -0.39 is 18.6 Å². The molecule has 0 N–H and O–H groups in total. The second-order valence-electron chi connectivity index (χ2n) is 8.06. The van der Waals surface area contributed by atoms with Crippen molar-refractivity contribution < 1.29 is 11.3 Å². The van der Waals surface area contributed by atoms with Crippen LogP contribution in [0.15, 0.2) is 58.5 Å². The van der Waals surface area contributed by atoms with Crippen molar-refractivity contribution in [3.05, 3.63) is 65.2 Å². The predicted octanol–water partition coefficient (Wildman–Crippen LogP) is 7.76. The van der Waals surface area contributed by atoms with Gasteiger partial charge in [0.2, 0.25) is 0 Å². The maximum atomic E-state index is 8.79. The molecule has 0 aliphatic carbocycles. The molecule has 0 aliphatic heterocycles. The van der Waals surface area contributed by atoms with E-state index in [2.05, 4.69) is 23.2 Å². The Morgan fingerprint density at radius 3 is 2.79 bits per heavy atom. The van der Waals surface area contributed by atoms with Crippen LogP contribution in [0.4, 0.5) is 0 Å². The number of aryl methyl sites for hydroxylation is 1. The molecule has 2 aromatic carbocycles. The van der Waals surface area contributed by atoms with Crippen LogP contribution in [-0.2, 0) is 6.37 Å². The lowest BCUT2D eigenvalue weighted by molar-refractivity contribution is 0.410. The number of hydrogen-bond donors (Lipinski definition) is 0. The lowest BCUT2D eigenvalue weighted by atomic mass is 9.86. The highest BCUT2D eigenvalue weighted by Gasteiger charge is 2.18. The Kier molecular flexibility index (Phi) is 2.81. The molecule has 3 aromatic heterocycles. The second-order valence-corrected chi connectivity index (χ2v) is 8.97. The third-order valence-corrected chi connectivity index (χ3v) is 5.70. The minimum absolute atomic E-state index is 0.0664. The molecule has 2 nitrogen and oxygen atoms in total. The van der Waals surface area contributed by atoms with Gasteiger partial charge in [0.15, 0.2) is 5.58 Å². The van der Waals surface area contributed by atoms with Gasteiger partial charge in [0.25, 0.3) is 0 Å². The minimum Gasteiger partial charge on any atom is -0.454 e. The van der Waals surface area contributed by atoms with Gasteiger partial charge in [-0.25, -0.2) is 0 Å². The molecule has 0 fully saturated rings. The van der Waals surface area contributed by atoms with E-state index in [4.69, 9.17) is 11.3 Å². The number of para-hydroxylation sites is 1. The van der Waals surface area contributed by atoms with E-state index in [9.17, 15) is 0 Å². The van der Waals surface area contributed by atoms with Gasteiger partial charge >= 0.3 is 0 Å². The SMILES string of the molecule is [2H]C([2H])([2H])c1cnc(-c2cccc3c2oc2c3ccc3ccsc32)cc1C([2H])([2H])C(C)(C)C. The normalized spacial score (nSPS) is 16.0. The minimum atomic E-state index is -2.48. The molecule has 0 spiro atoms. The van der Waals surface area contributed by atoms with Crippen molar-refractivity contribution >= 4 is 43.4 Å². The number of furan rings is 1. The molecule has 0 atom stereocenters. The zero-order valence-corrected chi connectivity index (χ0v) is 16.8. The van der Waals surface area contributed by atoms with Gasteiger partial charge in [0.1, 0.15) is 5.58 Å². The smallest absolute Gasteiger partial charge is 0.153 e. The first-order chi connectivity index (χ1) is 15.4. The average Bonchev–Trinajstić information content (AvgIpc) is 3.35. The molecule has 28 heavy (non-hydrogen) atoms. The number of nitrogens with zero attached hydrogens (tertiary/aromatic N) is 1. The van der Waals surface area contributed by atoms with E-state index in [1.807, 2.05) is 23.6 Å². The Labute approximate surface area is 175 Å².